The molecule has 0 aliphatic rings. The highest BCUT2D eigenvalue weighted by molar-refractivity contribution is 7.88. The molecule has 0 unspecified atom stereocenters. The lowest BCUT2D eigenvalue weighted by atomic mass is 9.93. The second-order valence-electron chi connectivity index (χ2n) is 5.25. The topological polar surface area (TPSA) is 72.5 Å². The van der Waals surface area contributed by atoms with Crippen LogP contribution in [0.25, 0.3) is 0 Å². The molecule has 20 heavy (non-hydrogen) atoms. The second kappa shape index (κ2) is 6.26. The average Bonchev–Trinajstić information content (AvgIpc) is 2.25. The molecule has 0 amide bonds. The number of hydrogen-bond donors (Lipinski definition) is 1. The number of benzene rings is 1. The molecule has 0 fully saturated rings. The van der Waals surface area contributed by atoms with Crippen molar-refractivity contribution in [1.82, 2.24) is 0 Å². The zero-order chi connectivity index (χ0) is 15.5. The van der Waals surface area contributed by atoms with Gasteiger partial charge in [0.15, 0.2) is 0 Å². The summed E-state index contributed by atoms with van der Waals surface area (Å²) in [5, 5.41) is 0. The van der Waals surface area contributed by atoms with Gasteiger partial charge in [-0.15, -0.1) is 0 Å². The van der Waals surface area contributed by atoms with Crippen LogP contribution in [0.1, 0.15) is 57.6 Å². The third-order valence-corrected chi connectivity index (χ3v) is 3.74. The molecule has 0 saturated carbocycles. The Morgan fingerprint density at radius 2 is 1.55 bits per heavy atom. The van der Waals surface area contributed by atoms with Crippen LogP contribution >= 0.6 is 0 Å². The lowest BCUT2D eigenvalue weighted by Crippen LogP contribution is -2.21. The Morgan fingerprint density at radius 1 is 1.10 bits per heavy atom. The first-order valence-electron chi connectivity index (χ1n) is 6.49. The van der Waals surface area contributed by atoms with Gasteiger partial charge in [0.2, 0.25) is 0 Å². The Hall–Kier alpha value is -1.56. The molecule has 0 aromatic heterocycles. The molecule has 1 aromatic carbocycles. The zero-order valence-corrected chi connectivity index (χ0v) is 13.2. The molecule has 0 atom stereocenters. The van der Waals surface area contributed by atoms with Crippen molar-refractivity contribution in [1.29, 1.82) is 0 Å². The number of carbonyl (C=O) groups is 1. The lowest BCUT2D eigenvalue weighted by Gasteiger charge is -2.20. The third kappa shape index (κ3) is 4.23. The summed E-state index contributed by atoms with van der Waals surface area (Å²) in [5.41, 5.74) is 2.23. The van der Waals surface area contributed by atoms with E-state index in [1.165, 1.54) is 0 Å². The first-order chi connectivity index (χ1) is 9.14. The van der Waals surface area contributed by atoms with Crippen LogP contribution in [0, 0.1) is 0 Å². The Bertz CT molecular complexity index is 565. The zero-order valence-electron chi connectivity index (χ0n) is 12.4. The highest BCUT2D eigenvalue weighted by Crippen LogP contribution is 2.33. The number of carbonyl (C=O) groups excluding carboxylic acids is 1. The van der Waals surface area contributed by atoms with E-state index in [2.05, 4.69) is 8.91 Å². The van der Waals surface area contributed by atoms with Gasteiger partial charge >= 0.3 is 16.3 Å². The number of nitrogens with one attached hydrogen (secondary N) is 1. The predicted octanol–water partition coefficient (Wildman–Crippen LogP) is 3.15. The van der Waals surface area contributed by atoms with E-state index in [1.54, 1.807) is 0 Å². The van der Waals surface area contributed by atoms with Crippen LogP contribution in [0.3, 0.4) is 0 Å². The molecular formula is C14H21NO4S. The van der Waals surface area contributed by atoms with Crippen LogP contribution in [-0.2, 0) is 19.3 Å². The van der Waals surface area contributed by atoms with Crippen LogP contribution < -0.4 is 4.72 Å². The summed E-state index contributed by atoms with van der Waals surface area (Å²) in [5.74, 6) is -0.585. The molecule has 0 aliphatic heterocycles. The van der Waals surface area contributed by atoms with Gasteiger partial charge in [-0.25, -0.2) is 0 Å². The average molecular weight is 299 g/mol. The van der Waals surface area contributed by atoms with E-state index in [0.717, 1.165) is 18.1 Å². The fourth-order valence-corrected chi connectivity index (χ4v) is 2.81. The summed E-state index contributed by atoms with van der Waals surface area (Å²) in [6.45, 7) is 8.95. The molecule has 0 spiro atoms. The number of rotatable bonds is 5. The maximum atomic E-state index is 11.8. The van der Waals surface area contributed by atoms with Crippen molar-refractivity contribution >= 4 is 22.0 Å². The molecule has 0 aliphatic carbocycles. The van der Waals surface area contributed by atoms with Crippen LogP contribution in [-0.4, -0.2) is 14.4 Å². The summed E-state index contributed by atoms with van der Waals surface area (Å²) < 4.78 is 30.3. The predicted molar refractivity (Wildman–Crippen MR) is 78.9 cm³/mol. The standard InChI is InChI=1S/C14H21NO4S/c1-9(2)12-7-6-8-13(10(3)4)14(12)15-20(17,18)19-11(5)16/h6-10,15H,1-5H3. The largest absolute Gasteiger partial charge is 0.410 e. The molecule has 0 bridgehead atoms. The van der Waals surface area contributed by atoms with Crippen molar-refractivity contribution < 1.29 is 17.4 Å². The molecule has 0 heterocycles. The molecule has 112 valence electrons. The highest BCUT2D eigenvalue weighted by Gasteiger charge is 2.21. The molecule has 1 N–H and O–H groups in total. The van der Waals surface area contributed by atoms with E-state index >= 15 is 0 Å². The Balaban J connectivity index is 3.31. The fourth-order valence-electron chi connectivity index (χ4n) is 1.97. The van der Waals surface area contributed by atoms with Crippen molar-refractivity contribution in [2.75, 3.05) is 4.72 Å². The minimum atomic E-state index is -4.15. The Morgan fingerprint density at radius 3 is 1.90 bits per heavy atom. The molecule has 1 aromatic rings. The van der Waals surface area contributed by atoms with Crippen molar-refractivity contribution in [3.05, 3.63) is 29.3 Å². The van der Waals surface area contributed by atoms with E-state index < -0.39 is 16.3 Å². The van der Waals surface area contributed by atoms with E-state index in [1.807, 2.05) is 45.9 Å². The smallest absolute Gasteiger partial charge is 0.330 e. The minimum Gasteiger partial charge on any atom is -0.330 e. The van der Waals surface area contributed by atoms with Crippen LogP contribution in [0.4, 0.5) is 5.69 Å². The maximum absolute atomic E-state index is 11.8. The van der Waals surface area contributed by atoms with E-state index in [0.29, 0.717) is 5.69 Å². The molecule has 0 saturated heterocycles. The van der Waals surface area contributed by atoms with E-state index in [4.69, 9.17) is 0 Å². The summed E-state index contributed by atoms with van der Waals surface area (Å²) >= 11 is 0. The van der Waals surface area contributed by atoms with Crippen LogP contribution in [0.2, 0.25) is 0 Å². The minimum absolute atomic E-state index is 0.142. The van der Waals surface area contributed by atoms with Gasteiger partial charge in [0.1, 0.15) is 0 Å². The summed E-state index contributed by atoms with van der Waals surface area (Å²) in [4.78, 5) is 10.8. The molecule has 6 heteroatoms. The first kappa shape index (κ1) is 16.5. The van der Waals surface area contributed by atoms with Gasteiger partial charge in [0.25, 0.3) is 0 Å². The van der Waals surface area contributed by atoms with Gasteiger partial charge in [0, 0.05) is 6.92 Å². The molecule has 1 rings (SSSR count). The van der Waals surface area contributed by atoms with Gasteiger partial charge < -0.3 is 4.18 Å². The summed E-state index contributed by atoms with van der Waals surface area (Å²) in [7, 11) is -4.15. The molecule has 0 radical (unpaired) electrons. The van der Waals surface area contributed by atoms with Crippen molar-refractivity contribution in [2.45, 2.75) is 46.5 Å². The van der Waals surface area contributed by atoms with Crippen LogP contribution in [0.15, 0.2) is 18.2 Å². The van der Waals surface area contributed by atoms with Crippen molar-refractivity contribution in [2.24, 2.45) is 0 Å². The summed E-state index contributed by atoms with van der Waals surface area (Å²) in [6.07, 6.45) is 0. The van der Waals surface area contributed by atoms with Crippen molar-refractivity contribution in [3.8, 4) is 0 Å². The number of para-hydroxylation sites is 1. The SMILES string of the molecule is CC(=O)OS(=O)(=O)Nc1c(C(C)C)cccc1C(C)C. The van der Waals surface area contributed by atoms with Gasteiger partial charge in [-0.2, -0.15) is 8.42 Å². The Labute approximate surface area is 120 Å². The summed E-state index contributed by atoms with van der Waals surface area (Å²) in [6, 6.07) is 5.62. The normalized spacial score (nSPS) is 11.8. The number of anilines is 1. The fraction of sp³-hybridized carbons (Fsp3) is 0.500. The first-order valence-corrected chi connectivity index (χ1v) is 7.90. The highest BCUT2D eigenvalue weighted by atomic mass is 32.2. The monoisotopic (exact) mass is 299 g/mol. The van der Waals surface area contributed by atoms with Crippen LogP contribution in [0.5, 0.6) is 0 Å². The number of hydrogen-bond acceptors (Lipinski definition) is 4. The van der Waals surface area contributed by atoms with Gasteiger partial charge in [-0.3, -0.25) is 9.52 Å². The Kier molecular flexibility index (Phi) is 5.16. The second-order valence-corrected chi connectivity index (χ2v) is 6.53. The van der Waals surface area contributed by atoms with Crippen molar-refractivity contribution in [3.63, 3.8) is 0 Å². The van der Waals surface area contributed by atoms with Gasteiger partial charge in [0.05, 0.1) is 5.69 Å². The lowest BCUT2D eigenvalue weighted by molar-refractivity contribution is -0.131. The molecule has 5 nitrogen and oxygen atoms in total. The van der Waals surface area contributed by atoms with E-state index in [-0.39, 0.29) is 11.8 Å². The maximum Gasteiger partial charge on any atom is 0.410 e. The quantitative estimate of drug-likeness (QED) is 0.906. The molecular weight excluding hydrogens is 278 g/mol. The van der Waals surface area contributed by atoms with E-state index in [9.17, 15) is 13.2 Å². The third-order valence-electron chi connectivity index (χ3n) is 2.83. The van der Waals surface area contributed by atoms with Gasteiger partial charge in [-0.1, -0.05) is 45.9 Å². The van der Waals surface area contributed by atoms with Gasteiger partial charge in [-0.05, 0) is 23.0 Å².